The highest BCUT2D eigenvalue weighted by atomic mass is 32.2. The Kier molecular flexibility index (Phi) is 3.31. The number of para-hydroxylation sites is 1. The van der Waals surface area contributed by atoms with E-state index in [-0.39, 0.29) is 4.90 Å². The Labute approximate surface area is 121 Å². The fourth-order valence-electron chi connectivity index (χ4n) is 1.98. The first-order valence-electron chi connectivity index (χ1n) is 6.18. The first-order valence-corrected chi connectivity index (χ1v) is 7.66. The van der Waals surface area contributed by atoms with Crippen LogP contribution in [0.2, 0.25) is 0 Å². The molecule has 4 nitrogen and oxygen atoms in total. The van der Waals surface area contributed by atoms with E-state index in [2.05, 4.69) is 9.71 Å². The van der Waals surface area contributed by atoms with Crippen molar-refractivity contribution in [1.82, 2.24) is 4.98 Å². The lowest BCUT2D eigenvalue weighted by molar-refractivity contribution is 0.595. The number of sulfonamides is 1. The minimum absolute atomic E-state index is 0.129. The minimum atomic E-state index is -3.83. The summed E-state index contributed by atoms with van der Waals surface area (Å²) in [4.78, 5) is 4.05. The normalized spacial score (nSPS) is 11.5. The molecule has 1 aromatic heterocycles. The van der Waals surface area contributed by atoms with Crippen molar-refractivity contribution < 1.29 is 12.8 Å². The molecule has 0 unspecified atom stereocenters. The summed E-state index contributed by atoms with van der Waals surface area (Å²) in [6.45, 7) is 0. The van der Waals surface area contributed by atoms with Crippen LogP contribution in [0.1, 0.15) is 0 Å². The van der Waals surface area contributed by atoms with Crippen LogP contribution in [0.15, 0.2) is 65.7 Å². The summed E-state index contributed by atoms with van der Waals surface area (Å²) < 4.78 is 39.9. The van der Waals surface area contributed by atoms with Gasteiger partial charge in [-0.2, -0.15) is 0 Å². The second-order valence-corrected chi connectivity index (χ2v) is 6.16. The number of hydrogen-bond acceptors (Lipinski definition) is 3. The Balaban J connectivity index is 1.97. The van der Waals surface area contributed by atoms with Crippen LogP contribution in [0.3, 0.4) is 0 Å². The molecule has 3 rings (SSSR count). The molecule has 0 amide bonds. The topological polar surface area (TPSA) is 59.1 Å². The molecule has 0 aliphatic heterocycles. The second-order valence-electron chi connectivity index (χ2n) is 4.48. The number of halogens is 1. The molecular formula is C15H11FN2O2S. The number of aromatic nitrogens is 1. The van der Waals surface area contributed by atoms with E-state index in [1.54, 1.807) is 6.07 Å². The number of benzene rings is 2. The van der Waals surface area contributed by atoms with Crippen molar-refractivity contribution >= 4 is 26.6 Å². The lowest BCUT2D eigenvalue weighted by atomic mass is 10.2. The molecule has 1 N–H and O–H groups in total. The molecule has 2 aromatic carbocycles. The second kappa shape index (κ2) is 5.14. The van der Waals surface area contributed by atoms with Crippen molar-refractivity contribution in [3.63, 3.8) is 0 Å². The Morgan fingerprint density at radius 2 is 1.81 bits per heavy atom. The number of hydrogen-bond donors (Lipinski definition) is 1. The number of nitrogens with one attached hydrogen (secondary N) is 1. The van der Waals surface area contributed by atoms with Crippen molar-refractivity contribution in [3.8, 4) is 0 Å². The molecule has 0 bridgehead atoms. The average molecular weight is 302 g/mol. The van der Waals surface area contributed by atoms with Crippen molar-refractivity contribution in [2.24, 2.45) is 0 Å². The van der Waals surface area contributed by atoms with E-state index in [0.29, 0.717) is 5.69 Å². The van der Waals surface area contributed by atoms with Gasteiger partial charge in [-0.05, 0) is 30.3 Å². The van der Waals surface area contributed by atoms with Gasteiger partial charge >= 0.3 is 0 Å². The van der Waals surface area contributed by atoms with Gasteiger partial charge in [0.05, 0.1) is 22.3 Å². The molecule has 0 radical (unpaired) electrons. The van der Waals surface area contributed by atoms with E-state index in [1.807, 2.05) is 24.3 Å². The van der Waals surface area contributed by atoms with Crippen molar-refractivity contribution in [3.05, 3.63) is 66.6 Å². The summed E-state index contributed by atoms with van der Waals surface area (Å²) in [7, 11) is -3.83. The van der Waals surface area contributed by atoms with E-state index in [0.717, 1.165) is 17.0 Å². The largest absolute Gasteiger partial charge is 0.278 e. The highest BCUT2D eigenvalue weighted by Crippen LogP contribution is 2.20. The molecule has 0 aliphatic rings. The number of anilines is 1. The maximum Gasteiger partial charge on any atom is 0.262 e. The number of rotatable bonds is 3. The zero-order valence-electron chi connectivity index (χ0n) is 10.8. The van der Waals surface area contributed by atoms with Gasteiger partial charge in [0, 0.05) is 5.39 Å². The first-order chi connectivity index (χ1) is 10.0. The maximum absolute atomic E-state index is 13.1. The number of pyridine rings is 1. The number of fused-ring (bicyclic) bond motifs is 1. The number of nitrogens with zero attached hydrogens (tertiary/aromatic N) is 1. The van der Waals surface area contributed by atoms with Crippen molar-refractivity contribution in [1.29, 1.82) is 0 Å². The van der Waals surface area contributed by atoms with E-state index in [4.69, 9.17) is 0 Å². The monoisotopic (exact) mass is 302 g/mol. The van der Waals surface area contributed by atoms with Gasteiger partial charge in [0.25, 0.3) is 10.0 Å². The van der Waals surface area contributed by atoms with E-state index in [1.165, 1.54) is 24.4 Å². The molecule has 0 spiro atoms. The standard InChI is InChI=1S/C15H11FN2O2S/c16-12-5-3-6-14(9-12)21(19,20)18-13-8-11-4-1-2-7-15(11)17-10-13/h1-10,18H. The summed E-state index contributed by atoms with van der Waals surface area (Å²) in [5.74, 6) is -0.602. The third-order valence-corrected chi connectivity index (χ3v) is 4.33. The van der Waals surface area contributed by atoms with Crippen molar-refractivity contribution in [2.75, 3.05) is 4.72 Å². The molecule has 0 atom stereocenters. The fourth-order valence-corrected chi connectivity index (χ4v) is 3.04. The van der Waals surface area contributed by atoms with Crippen LogP contribution in [-0.2, 0) is 10.0 Å². The SMILES string of the molecule is O=S(=O)(Nc1cnc2ccccc2c1)c1cccc(F)c1. The van der Waals surface area contributed by atoms with Gasteiger partial charge in [-0.15, -0.1) is 0 Å². The molecule has 0 saturated heterocycles. The molecular weight excluding hydrogens is 291 g/mol. The maximum atomic E-state index is 13.1. The van der Waals surface area contributed by atoms with Crippen LogP contribution >= 0.6 is 0 Å². The smallest absolute Gasteiger partial charge is 0.262 e. The molecule has 6 heteroatoms. The molecule has 0 saturated carbocycles. The fraction of sp³-hybridized carbons (Fsp3) is 0. The minimum Gasteiger partial charge on any atom is -0.278 e. The summed E-state index contributed by atoms with van der Waals surface area (Å²) in [5, 5.41) is 0.817. The molecule has 0 fully saturated rings. The molecule has 0 aliphatic carbocycles. The Morgan fingerprint density at radius 3 is 2.62 bits per heavy atom. The predicted molar refractivity (Wildman–Crippen MR) is 79.0 cm³/mol. The lowest BCUT2D eigenvalue weighted by Gasteiger charge is -2.08. The molecule has 1 heterocycles. The summed E-state index contributed by atoms with van der Waals surface area (Å²) in [6.07, 6.45) is 1.43. The van der Waals surface area contributed by atoms with E-state index in [9.17, 15) is 12.8 Å². The van der Waals surface area contributed by atoms with Crippen LogP contribution in [-0.4, -0.2) is 13.4 Å². The molecule has 106 valence electrons. The van der Waals surface area contributed by atoms with Crippen LogP contribution < -0.4 is 4.72 Å². The zero-order valence-corrected chi connectivity index (χ0v) is 11.6. The lowest BCUT2D eigenvalue weighted by Crippen LogP contribution is -2.13. The zero-order chi connectivity index (χ0) is 14.9. The van der Waals surface area contributed by atoms with Crippen LogP contribution in [0.25, 0.3) is 10.9 Å². The van der Waals surface area contributed by atoms with Gasteiger partial charge in [-0.1, -0.05) is 24.3 Å². The predicted octanol–water partition coefficient (Wildman–Crippen LogP) is 3.17. The van der Waals surface area contributed by atoms with Gasteiger partial charge < -0.3 is 0 Å². The van der Waals surface area contributed by atoms with Gasteiger partial charge in [0.1, 0.15) is 5.82 Å². The van der Waals surface area contributed by atoms with Gasteiger partial charge in [0.2, 0.25) is 0 Å². The van der Waals surface area contributed by atoms with Crippen LogP contribution in [0, 0.1) is 5.82 Å². The van der Waals surface area contributed by atoms with Gasteiger partial charge in [-0.3, -0.25) is 9.71 Å². The van der Waals surface area contributed by atoms with Crippen LogP contribution in [0.4, 0.5) is 10.1 Å². The van der Waals surface area contributed by atoms with Gasteiger partial charge in [-0.25, -0.2) is 12.8 Å². The Hall–Kier alpha value is -2.47. The average Bonchev–Trinajstić information content (AvgIpc) is 2.47. The Bertz CT molecular complexity index is 910. The summed E-state index contributed by atoms with van der Waals surface area (Å²) in [6, 6.07) is 13.9. The summed E-state index contributed by atoms with van der Waals surface area (Å²) in [5.41, 5.74) is 1.10. The first kappa shape index (κ1) is 13.5. The highest BCUT2D eigenvalue weighted by molar-refractivity contribution is 7.92. The third kappa shape index (κ3) is 2.85. The van der Waals surface area contributed by atoms with Crippen LogP contribution in [0.5, 0.6) is 0 Å². The molecule has 3 aromatic rings. The third-order valence-electron chi connectivity index (χ3n) is 2.95. The Morgan fingerprint density at radius 1 is 1.00 bits per heavy atom. The van der Waals surface area contributed by atoms with E-state index >= 15 is 0 Å². The summed E-state index contributed by atoms with van der Waals surface area (Å²) >= 11 is 0. The van der Waals surface area contributed by atoms with Crippen molar-refractivity contribution in [2.45, 2.75) is 4.90 Å². The van der Waals surface area contributed by atoms with Gasteiger partial charge in [0.15, 0.2) is 0 Å². The quantitative estimate of drug-likeness (QED) is 0.808. The van der Waals surface area contributed by atoms with E-state index < -0.39 is 15.8 Å². The molecule has 21 heavy (non-hydrogen) atoms. The highest BCUT2D eigenvalue weighted by Gasteiger charge is 2.15.